The fourth-order valence-electron chi connectivity index (χ4n) is 7.03. The normalized spacial score (nSPS) is 11.9. The van der Waals surface area contributed by atoms with Crippen LogP contribution in [-0.2, 0) is 16.0 Å². The Bertz CT molecular complexity index is 2330. The van der Waals surface area contributed by atoms with Gasteiger partial charge < -0.3 is 19.8 Å². The number of carbonyl (C=O) groups is 3. The predicted octanol–water partition coefficient (Wildman–Crippen LogP) is 14.0. The second kappa shape index (κ2) is 31.2. The van der Waals surface area contributed by atoms with Gasteiger partial charge in [-0.15, -0.1) is 0 Å². The van der Waals surface area contributed by atoms with Crippen LogP contribution in [0.4, 0.5) is 0 Å². The maximum Gasteiger partial charge on any atom is 0.307 e. The number of benzene rings is 3. The molecule has 2 aromatic heterocycles. The number of unbranched alkanes of at least 4 members (excludes halogenated alkanes) is 4. The topological polar surface area (TPSA) is 122 Å². The van der Waals surface area contributed by atoms with Crippen LogP contribution in [0.1, 0.15) is 116 Å². The van der Waals surface area contributed by atoms with Crippen molar-refractivity contribution in [2.75, 3.05) is 27.7 Å². The highest BCUT2D eigenvalue weighted by Crippen LogP contribution is 2.31. The summed E-state index contributed by atoms with van der Waals surface area (Å²) in [4.78, 5) is 41.3. The fraction of sp³-hybridized carbons (Fsp3) is 0.345. The molecule has 2 N–H and O–H groups in total. The molecule has 9 nitrogen and oxygen atoms in total. The molecule has 0 aliphatic rings. The van der Waals surface area contributed by atoms with E-state index in [2.05, 4.69) is 97.7 Å². The summed E-state index contributed by atoms with van der Waals surface area (Å²) < 4.78 is 6.77. The molecule has 3 aromatic carbocycles. The monoisotopic (exact) mass is 935 g/mol. The highest BCUT2D eigenvalue weighted by atomic mass is 35.5. The number of halogens is 2. The average molecular weight is 937 g/mol. The van der Waals surface area contributed by atoms with Gasteiger partial charge in [-0.1, -0.05) is 110 Å². The molecule has 11 heteroatoms. The van der Waals surface area contributed by atoms with Gasteiger partial charge in [0.15, 0.2) is 0 Å². The standard InChI is InChI=1S/C20H32O2.C19H16ClNO4.C16H19ClN2/c1-2-3-4-5-6-7-8-9-10-11-12-13-14-15-16-17-18-19-20(21)22;1-11-15(10-18(22)23)16-9-14(25-2)7-8-17(16)21(11)19(24)12-3-5-13(20)6-4-12;1-19(2)12-10-15(16-5-3-4-11-18-16)13-6-8-14(17)9-7-13/h6-7,9-10,12-13,15-16H,2-5,8,11,14,17-19H2,1H3,(H,21,22);3-9H,10H2,1-2H3,(H,22,23);3-9,11,15H,10,12H2,1-2H3/b7-6-,10-9-,13-12-,16-15-;;. The Labute approximate surface area is 402 Å². The van der Waals surface area contributed by atoms with E-state index in [0.717, 1.165) is 55.8 Å². The van der Waals surface area contributed by atoms with Gasteiger partial charge in [-0.2, -0.15) is 0 Å². The summed E-state index contributed by atoms with van der Waals surface area (Å²) in [5.74, 6) is -0.975. The number of ether oxygens (including phenoxy) is 1. The first-order valence-electron chi connectivity index (χ1n) is 22.7. The smallest absolute Gasteiger partial charge is 0.307 e. The van der Waals surface area contributed by atoms with E-state index < -0.39 is 11.9 Å². The number of nitrogens with zero attached hydrogens (tertiary/aromatic N) is 3. The molecular formula is C55H67Cl2N3O6. The van der Waals surface area contributed by atoms with Crippen molar-refractivity contribution in [3.05, 3.63) is 178 Å². The summed E-state index contributed by atoms with van der Waals surface area (Å²) in [6, 6.07) is 26.0. The van der Waals surface area contributed by atoms with Crippen molar-refractivity contribution in [1.82, 2.24) is 14.5 Å². The third-order valence-corrected chi connectivity index (χ3v) is 11.1. The van der Waals surface area contributed by atoms with Gasteiger partial charge in [0, 0.05) is 50.9 Å². The van der Waals surface area contributed by atoms with Gasteiger partial charge >= 0.3 is 11.9 Å². The number of rotatable bonds is 23. The van der Waals surface area contributed by atoms with Gasteiger partial charge in [0.1, 0.15) is 5.75 Å². The van der Waals surface area contributed by atoms with Crippen LogP contribution in [0.2, 0.25) is 10.0 Å². The summed E-state index contributed by atoms with van der Waals surface area (Å²) in [5, 5.41) is 19.7. The minimum atomic E-state index is -0.955. The molecule has 0 saturated carbocycles. The lowest BCUT2D eigenvalue weighted by Gasteiger charge is -2.19. The lowest BCUT2D eigenvalue weighted by atomic mass is 9.92. The number of aliphatic carboxylic acids is 2. The van der Waals surface area contributed by atoms with Gasteiger partial charge in [0.05, 0.1) is 19.0 Å². The molecule has 0 fully saturated rings. The van der Waals surface area contributed by atoms with E-state index in [-0.39, 0.29) is 18.7 Å². The predicted molar refractivity (Wildman–Crippen MR) is 272 cm³/mol. The summed E-state index contributed by atoms with van der Waals surface area (Å²) in [6.45, 7) is 5.01. The second-order valence-electron chi connectivity index (χ2n) is 16.0. The Hall–Kier alpha value is -5.74. The number of hydrogen-bond donors (Lipinski definition) is 2. The Balaban J connectivity index is 0.000000265. The first-order valence-corrected chi connectivity index (χ1v) is 23.4. The van der Waals surface area contributed by atoms with E-state index in [4.69, 9.17) is 33.0 Å². The number of hydrogen-bond acceptors (Lipinski definition) is 6. The highest BCUT2D eigenvalue weighted by Gasteiger charge is 2.22. The van der Waals surface area contributed by atoms with Crippen LogP contribution in [0.3, 0.4) is 0 Å². The molecule has 0 radical (unpaired) electrons. The number of aromatic nitrogens is 2. The van der Waals surface area contributed by atoms with Gasteiger partial charge in [-0.05, 0) is 157 Å². The Morgan fingerprint density at radius 2 is 1.35 bits per heavy atom. The molecular weight excluding hydrogens is 870 g/mol. The zero-order valence-electron chi connectivity index (χ0n) is 39.2. The molecule has 0 spiro atoms. The minimum absolute atomic E-state index is 0.170. The summed E-state index contributed by atoms with van der Waals surface area (Å²) in [5.41, 5.74) is 4.71. The zero-order chi connectivity index (χ0) is 48.1. The maximum atomic E-state index is 13.0. The van der Waals surface area contributed by atoms with Crippen LogP contribution in [0, 0.1) is 6.92 Å². The van der Waals surface area contributed by atoms with Gasteiger partial charge in [-0.3, -0.25) is 23.9 Å². The molecule has 0 amide bonds. The number of pyridine rings is 1. The Morgan fingerprint density at radius 1 is 0.758 bits per heavy atom. The largest absolute Gasteiger partial charge is 0.497 e. The maximum absolute atomic E-state index is 13.0. The fourth-order valence-corrected chi connectivity index (χ4v) is 7.28. The Morgan fingerprint density at radius 3 is 1.88 bits per heavy atom. The van der Waals surface area contributed by atoms with Crippen LogP contribution in [-0.4, -0.2) is 70.3 Å². The van der Waals surface area contributed by atoms with E-state index in [1.807, 2.05) is 30.5 Å². The van der Waals surface area contributed by atoms with Crippen LogP contribution in [0.25, 0.3) is 10.9 Å². The number of carboxylic acids is 2. The minimum Gasteiger partial charge on any atom is -0.497 e. The van der Waals surface area contributed by atoms with Gasteiger partial charge in [0.2, 0.25) is 0 Å². The number of fused-ring (bicyclic) bond motifs is 1. The van der Waals surface area contributed by atoms with Crippen LogP contribution >= 0.6 is 23.2 Å². The third-order valence-electron chi connectivity index (χ3n) is 10.6. The van der Waals surface area contributed by atoms with E-state index in [1.165, 1.54) is 35.8 Å². The lowest BCUT2D eigenvalue weighted by molar-refractivity contribution is -0.137. The first kappa shape index (κ1) is 54.6. The number of carboxylic acid groups (broad SMARTS) is 2. The van der Waals surface area contributed by atoms with Crippen LogP contribution in [0.5, 0.6) is 5.75 Å². The molecule has 5 aromatic rings. The molecule has 0 aliphatic carbocycles. The van der Waals surface area contributed by atoms with Crippen molar-refractivity contribution in [2.45, 2.75) is 96.8 Å². The van der Waals surface area contributed by atoms with Crippen molar-refractivity contribution in [3.8, 4) is 5.75 Å². The number of allylic oxidation sites excluding steroid dienone is 8. The van der Waals surface area contributed by atoms with Crippen molar-refractivity contribution >= 4 is 52.0 Å². The van der Waals surface area contributed by atoms with E-state index in [9.17, 15) is 19.5 Å². The molecule has 352 valence electrons. The van der Waals surface area contributed by atoms with Crippen molar-refractivity contribution < 1.29 is 29.3 Å². The average Bonchev–Trinajstić information content (AvgIpc) is 3.57. The number of methoxy groups -OCH3 is 1. The molecule has 1 atom stereocenters. The quantitative estimate of drug-likeness (QED) is 0.0490. The van der Waals surface area contributed by atoms with E-state index >= 15 is 0 Å². The molecule has 5 rings (SSSR count). The van der Waals surface area contributed by atoms with E-state index in [1.54, 1.807) is 56.5 Å². The summed E-state index contributed by atoms with van der Waals surface area (Å²) >= 11 is 11.9. The molecule has 66 heavy (non-hydrogen) atoms. The molecule has 0 saturated heterocycles. The van der Waals surface area contributed by atoms with Gasteiger partial charge in [-0.25, -0.2) is 0 Å². The lowest BCUT2D eigenvalue weighted by Crippen LogP contribution is -2.17. The van der Waals surface area contributed by atoms with E-state index in [0.29, 0.717) is 44.4 Å². The third kappa shape index (κ3) is 20.2. The molecule has 1 unspecified atom stereocenters. The molecule has 0 bridgehead atoms. The van der Waals surface area contributed by atoms with Crippen LogP contribution < -0.4 is 4.74 Å². The number of carbonyl (C=O) groups excluding carboxylic acids is 1. The molecule has 0 aliphatic heterocycles. The van der Waals surface area contributed by atoms with Crippen molar-refractivity contribution in [3.63, 3.8) is 0 Å². The summed E-state index contributed by atoms with van der Waals surface area (Å²) in [6.07, 6.45) is 30.1. The van der Waals surface area contributed by atoms with Crippen molar-refractivity contribution in [1.29, 1.82) is 0 Å². The second-order valence-corrected chi connectivity index (χ2v) is 16.9. The SMILES string of the molecule is CCCCC/C=C\C/C=C\C/C=C\C/C=C\CCCC(=O)O.CN(C)CCC(c1ccc(Cl)cc1)c1ccccn1.COc1ccc2c(c1)c(CC(=O)O)c(C)n2C(=O)c1ccc(Cl)cc1. The Kier molecular flexibility index (Phi) is 25.8. The summed E-state index contributed by atoms with van der Waals surface area (Å²) in [7, 11) is 5.73. The van der Waals surface area contributed by atoms with Gasteiger partial charge in [0.25, 0.3) is 5.91 Å². The molecule has 2 heterocycles. The zero-order valence-corrected chi connectivity index (χ0v) is 40.7. The van der Waals surface area contributed by atoms with Crippen LogP contribution in [0.15, 0.2) is 140 Å². The first-order chi connectivity index (χ1) is 31.9. The highest BCUT2D eigenvalue weighted by molar-refractivity contribution is 6.31. The van der Waals surface area contributed by atoms with Crippen molar-refractivity contribution in [2.24, 2.45) is 0 Å².